The maximum absolute atomic E-state index is 5.89. The third kappa shape index (κ3) is 4.49. The Kier molecular flexibility index (Phi) is 6.27. The van der Waals surface area contributed by atoms with Crippen LogP contribution < -0.4 is 15.8 Å². The van der Waals surface area contributed by atoms with Gasteiger partial charge in [-0.2, -0.15) is 0 Å². The quantitative estimate of drug-likeness (QED) is 0.459. The van der Waals surface area contributed by atoms with Crippen LogP contribution in [0.2, 0.25) is 0 Å². The Morgan fingerprint density at radius 3 is 2.95 bits per heavy atom. The number of nitrogens with two attached hydrogens (primary N) is 1. The molecule has 22 heavy (non-hydrogen) atoms. The number of rotatable bonds is 7. The molecule has 1 aromatic carbocycles. The fourth-order valence-electron chi connectivity index (χ4n) is 2.75. The van der Waals surface area contributed by atoms with E-state index >= 15 is 0 Å². The molecule has 1 aliphatic heterocycles. The van der Waals surface area contributed by atoms with Crippen molar-refractivity contribution >= 4 is 5.96 Å². The normalized spacial score (nSPS) is 17.2. The van der Waals surface area contributed by atoms with E-state index in [9.17, 15) is 0 Å². The molecule has 0 amide bonds. The van der Waals surface area contributed by atoms with Crippen LogP contribution in [0.4, 0.5) is 0 Å². The van der Waals surface area contributed by atoms with Gasteiger partial charge in [-0.05, 0) is 43.6 Å². The van der Waals surface area contributed by atoms with E-state index in [0.29, 0.717) is 19.0 Å². The third-order valence-corrected chi connectivity index (χ3v) is 3.92. The van der Waals surface area contributed by atoms with Crippen LogP contribution in [0.5, 0.6) is 5.75 Å². The zero-order chi connectivity index (χ0) is 15.8. The highest BCUT2D eigenvalue weighted by Crippen LogP contribution is 2.27. The molecule has 120 valence electrons. The molecule has 1 unspecified atom stereocenters. The summed E-state index contributed by atoms with van der Waals surface area (Å²) < 4.78 is 5.34. The van der Waals surface area contributed by atoms with E-state index in [1.54, 1.807) is 13.2 Å². The first kappa shape index (κ1) is 16.4. The third-order valence-electron chi connectivity index (χ3n) is 3.92. The summed E-state index contributed by atoms with van der Waals surface area (Å²) in [4.78, 5) is 6.96. The highest BCUT2D eigenvalue weighted by Gasteiger charge is 2.23. The molecule has 2 rings (SSSR count). The van der Waals surface area contributed by atoms with Crippen LogP contribution in [-0.4, -0.2) is 44.1 Å². The van der Waals surface area contributed by atoms with Gasteiger partial charge in [-0.15, -0.1) is 6.58 Å². The number of benzene rings is 1. The van der Waals surface area contributed by atoms with Gasteiger partial charge in [0.05, 0.1) is 19.7 Å². The van der Waals surface area contributed by atoms with E-state index in [2.05, 4.69) is 33.9 Å². The lowest BCUT2D eigenvalue weighted by Gasteiger charge is -2.27. The van der Waals surface area contributed by atoms with Crippen LogP contribution in [0.15, 0.2) is 41.9 Å². The predicted octanol–water partition coefficient (Wildman–Crippen LogP) is 1.92. The van der Waals surface area contributed by atoms with Crippen LogP contribution in [0.1, 0.15) is 24.4 Å². The first-order valence-corrected chi connectivity index (χ1v) is 7.77. The maximum atomic E-state index is 5.89. The van der Waals surface area contributed by atoms with E-state index < -0.39 is 0 Å². The zero-order valence-corrected chi connectivity index (χ0v) is 13.3. The number of methoxy groups -OCH3 is 1. The number of aliphatic imine (C=N–C) groups is 1. The van der Waals surface area contributed by atoms with Crippen molar-refractivity contribution in [1.29, 1.82) is 0 Å². The number of hydrogen-bond donors (Lipinski definition) is 2. The Hall–Kier alpha value is -2.01. The van der Waals surface area contributed by atoms with Crippen molar-refractivity contribution < 1.29 is 4.74 Å². The molecule has 0 aromatic heterocycles. The van der Waals surface area contributed by atoms with E-state index in [1.807, 2.05) is 12.1 Å². The van der Waals surface area contributed by atoms with Gasteiger partial charge in [0.1, 0.15) is 5.75 Å². The monoisotopic (exact) mass is 302 g/mol. The predicted molar refractivity (Wildman–Crippen MR) is 91.2 cm³/mol. The summed E-state index contributed by atoms with van der Waals surface area (Å²) in [7, 11) is 1.69. The van der Waals surface area contributed by atoms with Gasteiger partial charge in [-0.1, -0.05) is 18.2 Å². The Morgan fingerprint density at radius 1 is 1.50 bits per heavy atom. The Morgan fingerprint density at radius 2 is 2.27 bits per heavy atom. The molecule has 1 aromatic rings. The molecule has 1 atom stereocenters. The summed E-state index contributed by atoms with van der Waals surface area (Å²) in [5.74, 6) is 1.34. The minimum Gasteiger partial charge on any atom is -0.497 e. The van der Waals surface area contributed by atoms with Gasteiger partial charge in [0.2, 0.25) is 0 Å². The van der Waals surface area contributed by atoms with Gasteiger partial charge in [-0.3, -0.25) is 9.89 Å². The van der Waals surface area contributed by atoms with Crippen LogP contribution in [-0.2, 0) is 0 Å². The molecule has 1 saturated heterocycles. The number of ether oxygens (including phenoxy) is 1. The molecule has 1 fully saturated rings. The van der Waals surface area contributed by atoms with Crippen molar-refractivity contribution in [2.75, 3.05) is 33.3 Å². The average molecular weight is 302 g/mol. The van der Waals surface area contributed by atoms with Crippen LogP contribution in [0, 0.1) is 0 Å². The fourth-order valence-corrected chi connectivity index (χ4v) is 2.75. The fraction of sp³-hybridized carbons (Fsp3) is 0.471. The molecule has 0 spiro atoms. The van der Waals surface area contributed by atoms with Crippen molar-refractivity contribution in [3.8, 4) is 5.75 Å². The molecule has 5 heteroatoms. The lowest BCUT2D eigenvalue weighted by atomic mass is 10.1. The van der Waals surface area contributed by atoms with Gasteiger partial charge in [0.15, 0.2) is 5.96 Å². The minimum absolute atomic E-state index is 0.238. The van der Waals surface area contributed by atoms with E-state index in [1.165, 1.54) is 18.4 Å². The molecule has 5 nitrogen and oxygen atoms in total. The Labute approximate surface area is 132 Å². The lowest BCUT2D eigenvalue weighted by Crippen LogP contribution is -2.34. The summed E-state index contributed by atoms with van der Waals surface area (Å²) in [6, 6.07) is 8.45. The number of hydrogen-bond acceptors (Lipinski definition) is 3. The molecule has 3 N–H and O–H groups in total. The summed E-state index contributed by atoms with van der Waals surface area (Å²) in [6.07, 6.45) is 4.26. The van der Waals surface area contributed by atoms with Crippen molar-refractivity contribution in [3.05, 3.63) is 42.5 Å². The second-order valence-electron chi connectivity index (χ2n) is 5.43. The smallest absolute Gasteiger partial charge is 0.188 e. The molecule has 0 bridgehead atoms. The molecule has 0 aliphatic carbocycles. The molecule has 0 saturated carbocycles. The van der Waals surface area contributed by atoms with Crippen molar-refractivity contribution in [1.82, 2.24) is 10.2 Å². The van der Waals surface area contributed by atoms with E-state index in [4.69, 9.17) is 10.5 Å². The molecule has 0 radical (unpaired) electrons. The highest BCUT2D eigenvalue weighted by atomic mass is 16.5. The number of likely N-dealkylation sites (tertiary alicyclic amines) is 1. The Bertz CT molecular complexity index is 509. The summed E-state index contributed by atoms with van der Waals surface area (Å²) >= 11 is 0. The minimum atomic E-state index is 0.238. The van der Waals surface area contributed by atoms with Crippen molar-refractivity contribution in [3.63, 3.8) is 0 Å². The van der Waals surface area contributed by atoms with Gasteiger partial charge < -0.3 is 15.8 Å². The number of nitrogens with one attached hydrogen (secondary N) is 1. The standard InChI is InChI=1S/C17H26N4O/c1-3-9-19-17(18)20-13-16(21-10-4-5-11-21)14-7-6-8-15(12-14)22-2/h3,6-8,12,16H,1,4-5,9-11,13H2,2H3,(H3,18,19,20). The van der Waals surface area contributed by atoms with Crippen molar-refractivity contribution in [2.45, 2.75) is 18.9 Å². The van der Waals surface area contributed by atoms with Crippen molar-refractivity contribution in [2.24, 2.45) is 10.7 Å². The molecular formula is C17H26N4O. The number of guanidine groups is 1. The topological polar surface area (TPSA) is 62.9 Å². The molecule has 1 heterocycles. The van der Waals surface area contributed by atoms with E-state index in [-0.39, 0.29) is 6.04 Å². The summed E-state index contributed by atoms with van der Waals surface area (Å²) in [5, 5.41) is 3.02. The zero-order valence-electron chi connectivity index (χ0n) is 13.3. The number of nitrogens with zero attached hydrogens (tertiary/aromatic N) is 2. The molecule has 1 aliphatic rings. The second kappa shape index (κ2) is 8.44. The maximum Gasteiger partial charge on any atom is 0.188 e. The van der Waals surface area contributed by atoms with Crippen LogP contribution in [0.25, 0.3) is 0 Å². The van der Waals surface area contributed by atoms with Gasteiger partial charge in [0, 0.05) is 6.54 Å². The highest BCUT2D eigenvalue weighted by molar-refractivity contribution is 5.77. The van der Waals surface area contributed by atoms with Crippen LogP contribution in [0.3, 0.4) is 0 Å². The van der Waals surface area contributed by atoms with E-state index in [0.717, 1.165) is 18.8 Å². The summed E-state index contributed by atoms with van der Waals surface area (Å²) in [6.45, 7) is 7.15. The van der Waals surface area contributed by atoms with Gasteiger partial charge >= 0.3 is 0 Å². The first-order chi connectivity index (χ1) is 10.7. The lowest BCUT2D eigenvalue weighted by molar-refractivity contribution is 0.251. The summed E-state index contributed by atoms with van der Waals surface area (Å²) in [5.41, 5.74) is 7.11. The Balaban J connectivity index is 2.13. The first-order valence-electron chi connectivity index (χ1n) is 7.77. The van der Waals surface area contributed by atoms with Gasteiger partial charge in [-0.25, -0.2) is 0 Å². The average Bonchev–Trinajstić information content (AvgIpc) is 3.07. The molecular weight excluding hydrogens is 276 g/mol. The largest absolute Gasteiger partial charge is 0.497 e. The SMILES string of the molecule is C=CCNC(N)=NCC(c1cccc(OC)c1)N1CCCC1. The van der Waals surface area contributed by atoms with Crippen LogP contribution >= 0.6 is 0 Å². The van der Waals surface area contributed by atoms with Gasteiger partial charge in [0.25, 0.3) is 0 Å². The second-order valence-corrected chi connectivity index (χ2v) is 5.43.